The summed E-state index contributed by atoms with van der Waals surface area (Å²) in [5.41, 5.74) is -0.00589. The van der Waals surface area contributed by atoms with Crippen LogP contribution in [0.15, 0.2) is 10.7 Å². The Morgan fingerprint density at radius 1 is 1.44 bits per heavy atom. The van der Waals surface area contributed by atoms with Crippen molar-refractivity contribution in [3.63, 3.8) is 0 Å². The number of hydrogen-bond acceptors (Lipinski definition) is 4. The number of carboxylic acids is 1. The Balaban J connectivity index is 1.81. The summed E-state index contributed by atoms with van der Waals surface area (Å²) in [4.78, 5) is 16.9. The third kappa shape index (κ3) is 2.82. The second-order valence-corrected chi connectivity index (χ2v) is 4.08. The molecule has 1 fully saturated rings. The number of piperidine rings is 1. The molecule has 1 saturated heterocycles. The molecule has 0 radical (unpaired) electrons. The third-order valence-corrected chi connectivity index (χ3v) is 2.86. The van der Waals surface area contributed by atoms with Gasteiger partial charge in [0.05, 0.1) is 0 Å². The number of nitrogens with zero attached hydrogens (tertiary/aromatic N) is 2. The van der Waals surface area contributed by atoms with Gasteiger partial charge in [-0.05, 0) is 25.9 Å². The Bertz CT molecular complexity index is 356. The minimum atomic E-state index is -1.03. The molecule has 0 saturated carbocycles. The summed E-state index contributed by atoms with van der Waals surface area (Å²) in [6, 6.07) is 0. The second kappa shape index (κ2) is 5.12. The van der Waals surface area contributed by atoms with Gasteiger partial charge in [-0.1, -0.05) is 6.42 Å². The Labute approximate surface area is 94.1 Å². The molecule has 1 aliphatic rings. The van der Waals surface area contributed by atoms with Crippen molar-refractivity contribution < 1.29 is 14.3 Å². The van der Waals surface area contributed by atoms with Gasteiger partial charge in [0.2, 0.25) is 0 Å². The lowest BCUT2D eigenvalue weighted by Gasteiger charge is -2.25. The fourth-order valence-electron chi connectivity index (χ4n) is 1.96. The van der Waals surface area contributed by atoms with E-state index in [0.29, 0.717) is 12.3 Å². The van der Waals surface area contributed by atoms with E-state index in [-0.39, 0.29) is 5.69 Å². The molecule has 0 aromatic carbocycles. The summed E-state index contributed by atoms with van der Waals surface area (Å²) in [6.45, 7) is 3.17. The highest BCUT2D eigenvalue weighted by atomic mass is 16.4. The van der Waals surface area contributed by atoms with Crippen molar-refractivity contribution in [3.8, 4) is 0 Å². The van der Waals surface area contributed by atoms with E-state index in [2.05, 4.69) is 9.88 Å². The largest absolute Gasteiger partial charge is 0.476 e. The fourth-order valence-corrected chi connectivity index (χ4v) is 1.96. The maximum atomic E-state index is 10.6. The van der Waals surface area contributed by atoms with Gasteiger partial charge in [0.25, 0.3) is 0 Å². The van der Waals surface area contributed by atoms with Gasteiger partial charge in [0, 0.05) is 13.0 Å². The van der Waals surface area contributed by atoms with E-state index in [9.17, 15) is 4.79 Å². The zero-order valence-corrected chi connectivity index (χ0v) is 9.19. The van der Waals surface area contributed by atoms with Crippen LogP contribution in [0.25, 0.3) is 0 Å². The number of oxazole rings is 1. The van der Waals surface area contributed by atoms with E-state index in [1.807, 2.05) is 0 Å². The molecule has 5 heteroatoms. The highest BCUT2D eigenvalue weighted by Gasteiger charge is 2.13. The van der Waals surface area contributed by atoms with Gasteiger partial charge >= 0.3 is 5.97 Å². The summed E-state index contributed by atoms with van der Waals surface area (Å²) >= 11 is 0. The van der Waals surface area contributed by atoms with E-state index in [1.165, 1.54) is 25.5 Å². The first-order chi connectivity index (χ1) is 7.75. The molecule has 1 aliphatic heterocycles. The van der Waals surface area contributed by atoms with Crippen LogP contribution in [0.3, 0.4) is 0 Å². The van der Waals surface area contributed by atoms with Gasteiger partial charge in [-0.2, -0.15) is 0 Å². The highest BCUT2D eigenvalue weighted by Crippen LogP contribution is 2.10. The topological polar surface area (TPSA) is 66.6 Å². The number of aromatic nitrogens is 1. The van der Waals surface area contributed by atoms with Crippen molar-refractivity contribution in [1.29, 1.82) is 0 Å². The number of hydrogen-bond donors (Lipinski definition) is 1. The van der Waals surface area contributed by atoms with Crippen molar-refractivity contribution >= 4 is 5.97 Å². The van der Waals surface area contributed by atoms with Crippen LogP contribution in [0, 0.1) is 0 Å². The standard InChI is InChI=1S/C11H16N2O3/c14-11(15)9-8-16-10(12-9)4-7-13-5-2-1-3-6-13/h8H,1-7H2,(H,14,15). The molecule has 0 bridgehead atoms. The first-order valence-corrected chi connectivity index (χ1v) is 5.66. The van der Waals surface area contributed by atoms with Crippen molar-refractivity contribution in [1.82, 2.24) is 9.88 Å². The van der Waals surface area contributed by atoms with Crippen molar-refractivity contribution in [2.24, 2.45) is 0 Å². The SMILES string of the molecule is O=C(O)c1coc(CCN2CCCCC2)n1. The van der Waals surface area contributed by atoms with Crippen molar-refractivity contribution in [2.45, 2.75) is 25.7 Å². The van der Waals surface area contributed by atoms with Gasteiger partial charge in [0.1, 0.15) is 6.26 Å². The molecule has 0 atom stereocenters. The van der Waals surface area contributed by atoms with Crippen LogP contribution in [0.5, 0.6) is 0 Å². The zero-order chi connectivity index (χ0) is 11.4. The Morgan fingerprint density at radius 3 is 2.81 bits per heavy atom. The number of carbonyl (C=O) groups is 1. The molecule has 0 aliphatic carbocycles. The molecule has 5 nitrogen and oxygen atoms in total. The first-order valence-electron chi connectivity index (χ1n) is 5.66. The molecule has 1 aromatic heterocycles. The zero-order valence-electron chi connectivity index (χ0n) is 9.19. The monoisotopic (exact) mass is 224 g/mol. The predicted molar refractivity (Wildman–Crippen MR) is 57.5 cm³/mol. The van der Waals surface area contributed by atoms with E-state index in [4.69, 9.17) is 9.52 Å². The van der Waals surface area contributed by atoms with E-state index in [0.717, 1.165) is 19.6 Å². The van der Waals surface area contributed by atoms with Crippen LogP contribution < -0.4 is 0 Å². The minimum absolute atomic E-state index is 0.00589. The predicted octanol–water partition coefficient (Wildman–Crippen LogP) is 1.40. The number of likely N-dealkylation sites (tertiary alicyclic amines) is 1. The Kier molecular flexibility index (Phi) is 3.56. The van der Waals surface area contributed by atoms with Crippen LogP contribution >= 0.6 is 0 Å². The van der Waals surface area contributed by atoms with Crippen LogP contribution in [-0.4, -0.2) is 40.6 Å². The smallest absolute Gasteiger partial charge is 0.357 e. The lowest BCUT2D eigenvalue weighted by atomic mass is 10.1. The summed E-state index contributed by atoms with van der Waals surface area (Å²) in [7, 11) is 0. The van der Waals surface area contributed by atoms with Gasteiger partial charge in [0.15, 0.2) is 11.6 Å². The average Bonchev–Trinajstić information content (AvgIpc) is 2.76. The van der Waals surface area contributed by atoms with E-state index >= 15 is 0 Å². The van der Waals surface area contributed by atoms with Gasteiger partial charge in [-0.3, -0.25) is 0 Å². The third-order valence-electron chi connectivity index (χ3n) is 2.86. The lowest BCUT2D eigenvalue weighted by Crippen LogP contribution is -2.31. The number of carboxylic acid groups (broad SMARTS) is 1. The Hall–Kier alpha value is -1.36. The second-order valence-electron chi connectivity index (χ2n) is 4.08. The fraction of sp³-hybridized carbons (Fsp3) is 0.636. The van der Waals surface area contributed by atoms with E-state index < -0.39 is 5.97 Å². The molecule has 2 heterocycles. The molecule has 1 N–H and O–H groups in total. The van der Waals surface area contributed by atoms with Crippen molar-refractivity contribution in [3.05, 3.63) is 17.8 Å². The summed E-state index contributed by atoms with van der Waals surface area (Å²) in [5, 5.41) is 8.68. The normalized spacial score (nSPS) is 17.5. The summed E-state index contributed by atoms with van der Waals surface area (Å²) < 4.78 is 5.10. The van der Waals surface area contributed by atoms with E-state index in [1.54, 1.807) is 0 Å². The molecule has 0 amide bonds. The average molecular weight is 224 g/mol. The maximum Gasteiger partial charge on any atom is 0.357 e. The first kappa shape index (κ1) is 11.1. The Morgan fingerprint density at radius 2 is 2.19 bits per heavy atom. The molecular formula is C11H16N2O3. The quantitative estimate of drug-likeness (QED) is 0.837. The van der Waals surface area contributed by atoms with Crippen LogP contribution in [0.4, 0.5) is 0 Å². The highest BCUT2D eigenvalue weighted by molar-refractivity contribution is 5.84. The molecule has 0 unspecified atom stereocenters. The van der Waals surface area contributed by atoms with Crippen LogP contribution in [0.2, 0.25) is 0 Å². The minimum Gasteiger partial charge on any atom is -0.476 e. The van der Waals surface area contributed by atoms with Crippen LogP contribution in [-0.2, 0) is 6.42 Å². The van der Waals surface area contributed by atoms with Crippen LogP contribution in [0.1, 0.15) is 35.6 Å². The number of aromatic carboxylic acids is 1. The lowest BCUT2D eigenvalue weighted by molar-refractivity contribution is 0.0690. The molecule has 16 heavy (non-hydrogen) atoms. The molecule has 2 rings (SSSR count). The van der Waals surface area contributed by atoms with Gasteiger partial charge < -0.3 is 14.4 Å². The molecule has 0 spiro atoms. The maximum absolute atomic E-state index is 10.6. The van der Waals surface area contributed by atoms with Crippen molar-refractivity contribution in [2.75, 3.05) is 19.6 Å². The van der Waals surface area contributed by atoms with Gasteiger partial charge in [-0.15, -0.1) is 0 Å². The molecule has 88 valence electrons. The summed E-state index contributed by atoms with van der Waals surface area (Å²) in [5.74, 6) is -0.518. The summed E-state index contributed by atoms with van der Waals surface area (Å²) in [6.07, 6.45) is 5.72. The van der Waals surface area contributed by atoms with Gasteiger partial charge in [-0.25, -0.2) is 9.78 Å². The molecule has 1 aromatic rings. The molecular weight excluding hydrogens is 208 g/mol. The number of rotatable bonds is 4.